The zero-order chi connectivity index (χ0) is 20.8. The first-order valence-corrected chi connectivity index (χ1v) is 9.37. The number of benzene rings is 1. The van der Waals surface area contributed by atoms with Crippen LogP contribution in [-0.2, 0) is 14.3 Å². The van der Waals surface area contributed by atoms with Crippen molar-refractivity contribution >= 4 is 40.6 Å². The zero-order valence-corrected chi connectivity index (χ0v) is 18.5. The van der Waals surface area contributed by atoms with Crippen molar-refractivity contribution in [2.45, 2.75) is 58.8 Å². The molecular formula is C19H29ClN2O4S. The summed E-state index contributed by atoms with van der Waals surface area (Å²) >= 11 is 11.4. The van der Waals surface area contributed by atoms with E-state index in [1.54, 1.807) is 46.1 Å². The Kier molecular flexibility index (Phi) is 8.32. The maximum Gasteiger partial charge on any atom is 0.331 e. The van der Waals surface area contributed by atoms with E-state index < -0.39 is 23.2 Å². The first-order valence-electron chi connectivity index (χ1n) is 8.58. The third kappa shape index (κ3) is 9.26. The Morgan fingerprint density at radius 1 is 1.19 bits per heavy atom. The average molecular weight is 417 g/mol. The highest BCUT2D eigenvalue weighted by Gasteiger charge is 2.28. The Morgan fingerprint density at radius 2 is 1.81 bits per heavy atom. The molecule has 152 valence electrons. The van der Waals surface area contributed by atoms with Crippen LogP contribution in [0, 0.1) is 0 Å². The van der Waals surface area contributed by atoms with Gasteiger partial charge in [0, 0.05) is 5.02 Å². The standard InChI is InChI=1S/C19H29ClN2O4S/c1-18(2,3)25-11-14(16(23)26-19(4,5)6)22-17(27)21-13-10-12(20)8-9-15(13)24-7/h8-10,14H,11H2,1-7H3,(H2,21,22,27). The smallest absolute Gasteiger partial charge is 0.331 e. The molecular weight excluding hydrogens is 388 g/mol. The largest absolute Gasteiger partial charge is 0.495 e. The van der Waals surface area contributed by atoms with Gasteiger partial charge in [0.05, 0.1) is 25.0 Å². The highest BCUT2D eigenvalue weighted by Crippen LogP contribution is 2.27. The van der Waals surface area contributed by atoms with Gasteiger partial charge >= 0.3 is 5.97 Å². The molecule has 1 atom stereocenters. The van der Waals surface area contributed by atoms with Gasteiger partial charge in [0.15, 0.2) is 5.11 Å². The molecule has 2 N–H and O–H groups in total. The molecule has 0 aromatic heterocycles. The second-order valence-electron chi connectivity index (χ2n) is 7.95. The quantitative estimate of drug-likeness (QED) is 0.533. The van der Waals surface area contributed by atoms with Crippen LogP contribution in [-0.4, -0.2) is 42.0 Å². The summed E-state index contributed by atoms with van der Waals surface area (Å²) in [5.74, 6) is 0.122. The lowest BCUT2D eigenvalue weighted by atomic mass is 10.1. The number of carbonyl (C=O) groups is 1. The van der Waals surface area contributed by atoms with Crippen molar-refractivity contribution in [2.75, 3.05) is 19.0 Å². The fourth-order valence-corrected chi connectivity index (χ4v) is 2.39. The lowest BCUT2D eigenvalue weighted by molar-refractivity contribution is -0.159. The summed E-state index contributed by atoms with van der Waals surface area (Å²) in [7, 11) is 1.55. The Hall–Kier alpha value is -1.57. The van der Waals surface area contributed by atoms with E-state index >= 15 is 0 Å². The van der Waals surface area contributed by atoms with Crippen molar-refractivity contribution < 1.29 is 19.0 Å². The van der Waals surface area contributed by atoms with Crippen LogP contribution < -0.4 is 15.4 Å². The maximum absolute atomic E-state index is 12.5. The number of hydrogen-bond donors (Lipinski definition) is 2. The van der Waals surface area contributed by atoms with Crippen molar-refractivity contribution in [3.63, 3.8) is 0 Å². The summed E-state index contributed by atoms with van der Waals surface area (Å²) in [4.78, 5) is 12.5. The third-order valence-electron chi connectivity index (χ3n) is 3.09. The second kappa shape index (κ2) is 9.57. The molecule has 0 spiro atoms. The SMILES string of the molecule is COc1ccc(Cl)cc1NC(=S)NC(COC(C)(C)C)C(=O)OC(C)(C)C. The van der Waals surface area contributed by atoms with Crippen LogP contribution in [0.1, 0.15) is 41.5 Å². The normalized spacial score (nSPS) is 12.9. The molecule has 0 bridgehead atoms. The van der Waals surface area contributed by atoms with E-state index in [4.69, 9.17) is 38.0 Å². The summed E-state index contributed by atoms with van der Waals surface area (Å²) in [5, 5.41) is 6.70. The van der Waals surface area contributed by atoms with E-state index in [9.17, 15) is 4.79 Å². The number of methoxy groups -OCH3 is 1. The van der Waals surface area contributed by atoms with Gasteiger partial charge in [0.25, 0.3) is 0 Å². The molecule has 0 saturated carbocycles. The van der Waals surface area contributed by atoms with E-state index in [1.807, 2.05) is 20.8 Å². The number of halogens is 1. The van der Waals surface area contributed by atoms with E-state index in [0.717, 1.165) is 0 Å². The average Bonchev–Trinajstić information content (AvgIpc) is 2.49. The number of thiocarbonyl (C=S) groups is 1. The van der Waals surface area contributed by atoms with Gasteiger partial charge in [-0.3, -0.25) is 0 Å². The third-order valence-corrected chi connectivity index (χ3v) is 3.54. The van der Waals surface area contributed by atoms with Crippen LogP contribution in [0.5, 0.6) is 5.75 Å². The van der Waals surface area contributed by atoms with E-state index in [-0.39, 0.29) is 11.7 Å². The molecule has 0 aliphatic rings. The van der Waals surface area contributed by atoms with Gasteiger partial charge in [0.2, 0.25) is 0 Å². The van der Waals surface area contributed by atoms with Crippen LogP contribution >= 0.6 is 23.8 Å². The predicted molar refractivity (Wildman–Crippen MR) is 113 cm³/mol. The van der Waals surface area contributed by atoms with Crippen LogP contribution in [0.4, 0.5) is 5.69 Å². The monoisotopic (exact) mass is 416 g/mol. The summed E-state index contributed by atoms with van der Waals surface area (Å²) in [6.45, 7) is 11.2. The maximum atomic E-state index is 12.5. The van der Waals surface area contributed by atoms with Gasteiger partial charge in [-0.1, -0.05) is 11.6 Å². The number of ether oxygens (including phenoxy) is 3. The number of rotatable bonds is 6. The van der Waals surface area contributed by atoms with Gasteiger partial charge in [0.1, 0.15) is 17.4 Å². The van der Waals surface area contributed by atoms with E-state index in [1.165, 1.54) is 0 Å². The highest BCUT2D eigenvalue weighted by atomic mass is 35.5. The fraction of sp³-hybridized carbons (Fsp3) is 0.579. The minimum Gasteiger partial charge on any atom is -0.495 e. The topological polar surface area (TPSA) is 68.8 Å². The minimum atomic E-state index is -0.770. The summed E-state index contributed by atoms with van der Waals surface area (Å²) in [6, 6.07) is 4.35. The zero-order valence-electron chi connectivity index (χ0n) is 16.9. The molecule has 0 fully saturated rings. The van der Waals surface area contributed by atoms with Crippen molar-refractivity contribution in [2.24, 2.45) is 0 Å². The molecule has 8 heteroatoms. The highest BCUT2D eigenvalue weighted by molar-refractivity contribution is 7.80. The summed E-state index contributed by atoms with van der Waals surface area (Å²) < 4.78 is 16.5. The van der Waals surface area contributed by atoms with Crippen LogP contribution in [0.25, 0.3) is 0 Å². The van der Waals surface area contributed by atoms with E-state index in [2.05, 4.69) is 10.6 Å². The second-order valence-corrected chi connectivity index (χ2v) is 8.80. The van der Waals surface area contributed by atoms with Crippen LogP contribution in [0.15, 0.2) is 18.2 Å². The van der Waals surface area contributed by atoms with Gasteiger partial charge in [-0.25, -0.2) is 4.79 Å². The van der Waals surface area contributed by atoms with E-state index in [0.29, 0.717) is 16.5 Å². The summed E-state index contributed by atoms with van der Waals surface area (Å²) in [6.07, 6.45) is 0. The molecule has 6 nitrogen and oxygen atoms in total. The number of carbonyl (C=O) groups excluding carboxylic acids is 1. The molecule has 0 heterocycles. The number of hydrogen-bond acceptors (Lipinski definition) is 5. The molecule has 27 heavy (non-hydrogen) atoms. The van der Waals surface area contributed by atoms with Crippen molar-refractivity contribution in [1.29, 1.82) is 0 Å². The Balaban J connectivity index is 2.88. The Bertz CT molecular complexity index is 669. The first kappa shape index (κ1) is 23.5. The Labute approximate surface area is 171 Å². The molecule has 1 unspecified atom stereocenters. The fourth-order valence-electron chi connectivity index (χ4n) is 1.97. The first-order chi connectivity index (χ1) is 12.3. The van der Waals surface area contributed by atoms with Crippen molar-refractivity contribution in [3.05, 3.63) is 23.2 Å². The van der Waals surface area contributed by atoms with Crippen molar-refractivity contribution in [3.8, 4) is 5.75 Å². The molecule has 1 aromatic rings. The molecule has 0 amide bonds. The summed E-state index contributed by atoms with van der Waals surface area (Å²) in [5.41, 5.74) is -0.445. The number of esters is 1. The molecule has 0 saturated heterocycles. The lowest BCUT2D eigenvalue weighted by Crippen LogP contribution is -2.49. The molecule has 0 aliphatic carbocycles. The lowest BCUT2D eigenvalue weighted by Gasteiger charge is -2.28. The minimum absolute atomic E-state index is 0.104. The Morgan fingerprint density at radius 3 is 2.33 bits per heavy atom. The van der Waals surface area contributed by atoms with Crippen molar-refractivity contribution in [1.82, 2.24) is 5.32 Å². The predicted octanol–water partition coefficient (Wildman–Crippen LogP) is 4.16. The van der Waals surface area contributed by atoms with Gasteiger partial charge in [-0.05, 0) is 72.0 Å². The number of nitrogens with one attached hydrogen (secondary N) is 2. The molecule has 0 radical (unpaired) electrons. The molecule has 1 rings (SSSR count). The molecule has 0 aliphatic heterocycles. The van der Waals surface area contributed by atoms with Crippen LogP contribution in [0.3, 0.4) is 0 Å². The molecule has 1 aromatic carbocycles. The van der Waals surface area contributed by atoms with Gasteiger partial charge < -0.3 is 24.8 Å². The van der Waals surface area contributed by atoms with Crippen LogP contribution in [0.2, 0.25) is 5.02 Å². The van der Waals surface area contributed by atoms with Gasteiger partial charge in [-0.2, -0.15) is 0 Å². The number of anilines is 1. The van der Waals surface area contributed by atoms with Gasteiger partial charge in [-0.15, -0.1) is 0 Å².